The number of esters is 1. The van der Waals surface area contributed by atoms with Crippen LogP contribution in [-0.4, -0.2) is 30.1 Å². The smallest absolute Gasteiger partial charge is 0.306 e. The lowest BCUT2D eigenvalue weighted by Crippen LogP contribution is -2.38. The maximum Gasteiger partial charge on any atom is 0.306 e. The van der Waals surface area contributed by atoms with Crippen molar-refractivity contribution < 1.29 is 9.53 Å². The molecule has 3 unspecified atom stereocenters. The minimum absolute atomic E-state index is 0.119. The second kappa shape index (κ2) is 7.98. The van der Waals surface area contributed by atoms with Crippen LogP contribution < -0.4 is 5.73 Å². The van der Waals surface area contributed by atoms with E-state index in [1.165, 1.54) is 32.8 Å². The molecule has 4 heteroatoms. The summed E-state index contributed by atoms with van der Waals surface area (Å²) >= 11 is 1.85. The van der Waals surface area contributed by atoms with Gasteiger partial charge in [-0.25, -0.2) is 0 Å². The first kappa shape index (κ1) is 14.8. The van der Waals surface area contributed by atoms with Crippen molar-refractivity contribution in [2.45, 2.75) is 56.7 Å². The third-order valence-electron chi connectivity index (χ3n) is 3.51. The van der Waals surface area contributed by atoms with Crippen LogP contribution in [0.5, 0.6) is 0 Å². The summed E-state index contributed by atoms with van der Waals surface area (Å²) in [6.07, 6.45) is 6.73. The summed E-state index contributed by atoms with van der Waals surface area (Å²) in [5, 5.41) is 0.532. The van der Waals surface area contributed by atoms with Gasteiger partial charge in [0.25, 0.3) is 0 Å². The zero-order valence-electron chi connectivity index (χ0n) is 11.0. The molecular formula is C13H25NO2S. The summed E-state index contributed by atoms with van der Waals surface area (Å²) in [5.41, 5.74) is 6.15. The minimum Gasteiger partial charge on any atom is -0.469 e. The van der Waals surface area contributed by atoms with E-state index in [1.54, 1.807) is 0 Å². The molecule has 1 aliphatic carbocycles. The molecule has 0 aromatic heterocycles. The molecule has 0 heterocycles. The van der Waals surface area contributed by atoms with Crippen molar-refractivity contribution in [1.82, 2.24) is 0 Å². The molecule has 0 aromatic carbocycles. The highest BCUT2D eigenvalue weighted by Crippen LogP contribution is 2.34. The maximum absolute atomic E-state index is 11.0. The first-order valence-corrected chi connectivity index (χ1v) is 7.66. The van der Waals surface area contributed by atoms with Crippen LogP contribution in [0.3, 0.4) is 0 Å². The van der Waals surface area contributed by atoms with Gasteiger partial charge in [0, 0.05) is 17.0 Å². The Morgan fingerprint density at radius 2 is 2.24 bits per heavy atom. The van der Waals surface area contributed by atoms with E-state index in [4.69, 9.17) is 5.73 Å². The minimum atomic E-state index is -0.119. The molecule has 1 saturated carbocycles. The lowest BCUT2D eigenvalue weighted by atomic mass is 9.83. The quantitative estimate of drug-likeness (QED) is 0.745. The zero-order chi connectivity index (χ0) is 12.7. The van der Waals surface area contributed by atoms with Gasteiger partial charge in [0.1, 0.15) is 0 Å². The summed E-state index contributed by atoms with van der Waals surface area (Å²) in [6, 6.07) is 0.311. The standard InChI is InChI=1S/C13H25NO2S/c1-3-4-10-5-6-11(14)12(9-10)17-8-7-13(15)16-2/h10-12H,3-9,14H2,1-2H3. The number of nitrogens with two attached hydrogens (primary N) is 1. The summed E-state index contributed by atoms with van der Waals surface area (Å²) in [7, 11) is 1.44. The lowest BCUT2D eigenvalue weighted by Gasteiger charge is -2.33. The van der Waals surface area contributed by atoms with E-state index >= 15 is 0 Å². The van der Waals surface area contributed by atoms with Crippen molar-refractivity contribution in [3.63, 3.8) is 0 Å². The number of hydrogen-bond donors (Lipinski definition) is 1. The molecule has 0 amide bonds. The number of methoxy groups -OCH3 is 1. The van der Waals surface area contributed by atoms with Crippen LogP contribution in [0.2, 0.25) is 0 Å². The van der Waals surface area contributed by atoms with Crippen molar-refractivity contribution in [2.24, 2.45) is 11.7 Å². The molecular weight excluding hydrogens is 234 g/mol. The van der Waals surface area contributed by atoms with E-state index in [0.29, 0.717) is 17.7 Å². The molecule has 1 aliphatic rings. The van der Waals surface area contributed by atoms with Gasteiger partial charge in [-0.15, -0.1) is 0 Å². The van der Waals surface area contributed by atoms with Gasteiger partial charge in [-0.05, 0) is 25.2 Å². The molecule has 1 fully saturated rings. The Bertz CT molecular complexity index is 235. The molecule has 0 spiro atoms. The molecule has 0 aromatic rings. The molecule has 1 rings (SSSR count). The maximum atomic E-state index is 11.0. The van der Waals surface area contributed by atoms with Crippen molar-refractivity contribution in [3.05, 3.63) is 0 Å². The number of thioether (sulfide) groups is 1. The van der Waals surface area contributed by atoms with Crippen LogP contribution in [0, 0.1) is 5.92 Å². The third-order valence-corrected chi connectivity index (χ3v) is 4.92. The predicted molar refractivity (Wildman–Crippen MR) is 73.1 cm³/mol. The fraction of sp³-hybridized carbons (Fsp3) is 0.923. The summed E-state index contributed by atoms with van der Waals surface area (Å²) in [4.78, 5) is 11.0. The van der Waals surface area contributed by atoms with Gasteiger partial charge < -0.3 is 10.5 Å². The topological polar surface area (TPSA) is 52.3 Å². The van der Waals surface area contributed by atoms with Gasteiger partial charge >= 0.3 is 5.97 Å². The van der Waals surface area contributed by atoms with Crippen LogP contribution in [0.4, 0.5) is 0 Å². The highest BCUT2D eigenvalue weighted by atomic mass is 32.2. The van der Waals surface area contributed by atoms with E-state index < -0.39 is 0 Å². The summed E-state index contributed by atoms with van der Waals surface area (Å²) in [6.45, 7) is 2.24. The lowest BCUT2D eigenvalue weighted by molar-refractivity contribution is -0.140. The van der Waals surface area contributed by atoms with E-state index in [1.807, 2.05) is 11.8 Å². The van der Waals surface area contributed by atoms with Crippen LogP contribution in [0.1, 0.15) is 45.4 Å². The number of carbonyl (C=O) groups is 1. The molecule has 100 valence electrons. The van der Waals surface area contributed by atoms with E-state index in [0.717, 1.165) is 18.1 Å². The van der Waals surface area contributed by atoms with Crippen LogP contribution in [-0.2, 0) is 9.53 Å². The fourth-order valence-electron chi connectivity index (χ4n) is 2.49. The Morgan fingerprint density at radius 3 is 2.88 bits per heavy atom. The molecule has 3 nitrogen and oxygen atoms in total. The Labute approximate surface area is 109 Å². The van der Waals surface area contributed by atoms with Crippen molar-refractivity contribution >= 4 is 17.7 Å². The van der Waals surface area contributed by atoms with Gasteiger partial charge in [-0.1, -0.05) is 19.8 Å². The van der Waals surface area contributed by atoms with Crippen molar-refractivity contribution in [1.29, 1.82) is 0 Å². The monoisotopic (exact) mass is 259 g/mol. The molecule has 17 heavy (non-hydrogen) atoms. The second-order valence-electron chi connectivity index (χ2n) is 4.87. The molecule has 0 radical (unpaired) electrons. The predicted octanol–water partition coefficient (Wildman–Crippen LogP) is 2.58. The molecule has 0 aliphatic heterocycles. The Morgan fingerprint density at radius 1 is 1.47 bits per heavy atom. The number of rotatable bonds is 6. The van der Waals surface area contributed by atoms with Crippen molar-refractivity contribution in [3.8, 4) is 0 Å². The van der Waals surface area contributed by atoms with Crippen LogP contribution in [0.25, 0.3) is 0 Å². The normalized spacial score (nSPS) is 29.0. The summed E-state index contributed by atoms with van der Waals surface area (Å²) in [5.74, 6) is 1.56. The molecule has 2 N–H and O–H groups in total. The van der Waals surface area contributed by atoms with E-state index in [-0.39, 0.29) is 5.97 Å². The highest BCUT2D eigenvalue weighted by molar-refractivity contribution is 7.99. The number of carbonyl (C=O) groups excluding carboxylic acids is 1. The number of hydrogen-bond acceptors (Lipinski definition) is 4. The Hall–Kier alpha value is -0.220. The Kier molecular flexibility index (Phi) is 6.97. The zero-order valence-corrected chi connectivity index (χ0v) is 11.8. The van der Waals surface area contributed by atoms with Gasteiger partial charge in [-0.3, -0.25) is 4.79 Å². The average molecular weight is 259 g/mol. The van der Waals surface area contributed by atoms with Gasteiger partial charge in [-0.2, -0.15) is 11.8 Å². The molecule has 0 saturated heterocycles. The number of ether oxygens (including phenoxy) is 1. The second-order valence-corrected chi connectivity index (χ2v) is 6.21. The van der Waals surface area contributed by atoms with Gasteiger partial charge in [0.15, 0.2) is 0 Å². The first-order valence-electron chi connectivity index (χ1n) is 6.61. The SMILES string of the molecule is CCCC1CCC(N)C(SCCC(=O)OC)C1. The van der Waals surface area contributed by atoms with Gasteiger partial charge in [0.2, 0.25) is 0 Å². The molecule has 0 bridgehead atoms. The van der Waals surface area contributed by atoms with Crippen LogP contribution >= 0.6 is 11.8 Å². The van der Waals surface area contributed by atoms with Gasteiger partial charge in [0.05, 0.1) is 13.5 Å². The highest BCUT2D eigenvalue weighted by Gasteiger charge is 2.27. The van der Waals surface area contributed by atoms with E-state index in [9.17, 15) is 4.79 Å². The first-order chi connectivity index (χ1) is 8.17. The van der Waals surface area contributed by atoms with Crippen LogP contribution in [0.15, 0.2) is 0 Å². The van der Waals surface area contributed by atoms with Crippen molar-refractivity contribution in [2.75, 3.05) is 12.9 Å². The molecule has 3 atom stereocenters. The summed E-state index contributed by atoms with van der Waals surface area (Å²) < 4.78 is 4.64. The van der Waals surface area contributed by atoms with E-state index in [2.05, 4.69) is 11.7 Å². The Balaban J connectivity index is 2.27. The fourth-order valence-corrected chi connectivity index (χ4v) is 3.87. The third kappa shape index (κ3) is 5.30. The average Bonchev–Trinajstić information content (AvgIpc) is 2.33. The largest absolute Gasteiger partial charge is 0.469 e.